The number of rotatable bonds is 5. The summed E-state index contributed by atoms with van der Waals surface area (Å²) in [7, 11) is 1.27. The summed E-state index contributed by atoms with van der Waals surface area (Å²) >= 11 is 0. The minimum Gasteiger partial charge on any atom is -0.507 e. The standard InChI is InChI=1S/C8H8O3.C7H6O3.C6H15N/c1-11-8(10)6-4-2-3-5-7(6)9;8-6-4-2-1-3-5(6)7(9)10;1-4-7(5-2)6-3/h2-5,9H,1H3;1-4,8H,(H,9,10);4-6H2,1-3H3. The highest BCUT2D eigenvalue weighted by molar-refractivity contribution is 5.92. The summed E-state index contributed by atoms with van der Waals surface area (Å²) in [5.74, 6) is -1.89. The molecule has 0 spiro atoms. The minimum absolute atomic E-state index is 0.0562. The van der Waals surface area contributed by atoms with Crippen LogP contribution >= 0.6 is 0 Å². The predicted octanol–water partition coefficient (Wildman–Crippen LogP) is 3.62. The van der Waals surface area contributed by atoms with Gasteiger partial charge in [-0.05, 0) is 43.9 Å². The fourth-order valence-electron chi connectivity index (χ4n) is 2.08. The van der Waals surface area contributed by atoms with Crippen molar-refractivity contribution in [1.29, 1.82) is 0 Å². The number of methoxy groups -OCH3 is 1. The Balaban J connectivity index is 0.000000402. The number of esters is 1. The molecule has 0 amide bonds. The van der Waals surface area contributed by atoms with Gasteiger partial charge in [0.05, 0.1) is 7.11 Å². The number of nitrogens with zero attached hydrogens (tertiary/aromatic N) is 1. The van der Waals surface area contributed by atoms with Gasteiger partial charge in [-0.1, -0.05) is 45.0 Å². The lowest BCUT2D eigenvalue weighted by Crippen LogP contribution is -2.21. The lowest BCUT2D eigenvalue weighted by atomic mass is 10.2. The van der Waals surface area contributed by atoms with Crippen LogP contribution in [0.3, 0.4) is 0 Å². The Hall–Kier alpha value is -3.06. The molecule has 0 unspecified atom stereocenters. The third-order valence-electron chi connectivity index (χ3n) is 3.79. The molecule has 7 heteroatoms. The molecule has 3 N–H and O–H groups in total. The Morgan fingerprint density at radius 3 is 1.46 bits per heavy atom. The fraction of sp³-hybridized carbons (Fsp3) is 0.333. The number of ether oxygens (including phenoxy) is 1. The number of aromatic carboxylic acids is 1. The zero-order valence-corrected chi connectivity index (χ0v) is 16.8. The number of carboxylic acid groups (broad SMARTS) is 1. The second kappa shape index (κ2) is 14.1. The van der Waals surface area contributed by atoms with Crippen LogP contribution in [0.4, 0.5) is 0 Å². The summed E-state index contributed by atoms with van der Waals surface area (Å²) in [5, 5.41) is 26.4. The van der Waals surface area contributed by atoms with Crippen LogP contribution in [-0.2, 0) is 4.74 Å². The molecule has 0 fully saturated rings. The Morgan fingerprint density at radius 1 is 0.821 bits per heavy atom. The van der Waals surface area contributed by atoms with E-state index in [1.807, 2.05) is 0 Å². The number of phenolic OH excluding ortho intramolecular Hbond substituents is 1. The van der Waals surface area contributed by atoms with E-state index in [1.54, 1.807) is 24.3 Å². The van der Waals surface area contributed by atoms with E-state index in [-0.39, 0.29) is 22.6 Å². The molecule has 2 rings (SSSR count). The second-order valence-electron chi connectivity index (χ2n) is 5.45. The molecule has 2 aromatic carbocycles. The summed E-state index contributed by atoms with van der Waals surface area (Å²) in [5.41, 5.74) is 0.123. The van der Waals surface area contributed by atoms with Gasteiger partial charge in [0, 0.05) is 0 Å². The topological polar surface area (TPSA) is 107 Å². The van der Waals surface area contributed by atoms with Gasteiger partial charge in [-0.15, -0.1) is 0 Å². The first-order valence-corrected chi connectivity index (χ1v) is 8.92. The molecule has 0 aromatic heterocycles. The first-order chi connectivity index (χ1) is 13.3. The van der Waals surface area contributed by atoms with Crippen molar-refractivity contribution in [2.75, 3.05) is 26.7 Å². The molecule has 0 heterocycles. The molecule has 0 aliphatic heterocycles. The average molecular weight is 391 g/mol. The van der Waals surface area contributed by atoms with Gasteiger partial charge in [0.25, 0.3) is 0 Å². The van der Waals surface area contributed by atoms with E-state index >= 15 is 0 Å². The lowest BCUT2D eigenvalue weighted by molar-refractivity contribution is 0.0596. The molecular formula is C21H29NO6. The normalized spacial score (nSPS) is 9.46. The van der Waals surface area contributed by atoms with Crippen molar-refractivity contribution in [3.05, 3.63) is 59.7 Å². The highest BCUT2D eigenvalue weighted by atomic mass is 16.5. The third kappa shape index (κ3) is 9.05. The molecule has 28 heavy (non-hydrogen) atoms. The third-order valence-corrected chi connectivity index (χ3v) is 3.79. The van der Waals surface area contributed by atoms with Crippen LogP contribution in [0.1, 0.15) is 41.5 Å². The molecule has 0 saturated carbocycles. The fourth-order valence-corrected chi connectivity index (χ4v) is 2.08. The number of hydrogen-bond acceptors (Lipinski definition) is 6. The van der Waals surface area contributed by atoms with E-state index < -0.39 is 11.9 Å². The van der Waals surface area contributed by atoms with Crippen molar-refractivity contribution in [2.45, 2.75) is 20.8 Å². The van der Waals surface area contributed by atoms with Crippen LogP contribution in [0.5, 0.6) is 11.5 Å². The van der Waals surface area contributed by atoms with E-state index in [4.69, 9.17) is 15.3 Å². The molecular weight excluding hydrogens is 362 g/mol. The molecule has 0 aliphatic carbocycles. The summed E-state index contributed by atoms with van der Waals surface area (Å²) in [4.78, 5) is 23.5. The number of benzene rings is 2. The van der Waals surface area contributed by atoms with Crippen molar-refractivity contribution in [3.8, 4) is 11.5 Å². The highest BCUT2D eigenvalue weighted by Crippen LogP contribution is 2.16. The molecule has 0 aliphatic rings. The van der Waals surface area contributed by atoms with Crippen LogP contribution < -0.4 is 0 Å². The van der Waals surface area contributed by atoms with Gasteiger partial charge < -0.3 is 25.0 Å². The van der Waals surface area contributed by atoms with Crippen molar-refractivity contribution < 1.29 is 29.6 Å². The number of phenols is 2. The van der Waals surface area contributed by atoms with E-state index in [0.29, 0.717) is 0 Å². The van der Waals surface area contributed by atoms with E-state index in [1.165, 1.54) is 51.0 Å². The summed E-state index contributed by atoms with van der Waals surface area (Å²) in [6, 6.07) is 12.0. The van der Waals surface area contributed by atoms with Gasteiger partial charge >= 0.3 is 11.9 Å². The summed E-state index contributed by atoms with van der Waals surface area (Å²) in [6.45, 7) is 10.1. The number of aromatic hydroxyl groups is 2. The van der Waals surface area contributed by atoms with Gasteiger partial charge in [-0.25, -0.2) is 9.59 Å². The molecule has 2 aromatic rings. The molecule has 0 radical (unpaired) electrons. The molecule has 0 saturated heterocycles. The monoisotopic (exact) mass is 391 g/mol. The van der Waals surface area contributed by atoms with Crippen molar-refractivity contribution in [2.24, 2.45) is 0 Å². The average Bonchev–Trinajstić information content (AvgIpc) is 2.70. The van der Waals surface area contributed by atoms with Crippen LogP contribution in [-0.4, -0.2) is 58.9 Å². The summed E-state index contributed by atoms with van der Waals surface area (Å²) < 4.78 is 4.42. The smallest absolute Gasteiger partial charge is 0.341 e. The Labute approximate surface area is 165 Å². The highest BCUT2D eigenvalue weighted by Gasteiger charge is 2.08. The second-order valence-corrected chi connectivity index (χ2v) is 5.45. The molecule has 154 valence electrons. The van der Waals surface area contributed by atoms with Crippen LogP contribution in [0.25, 0.3) is 0 Å². The maximum Gasteiger partial charge on any atom is 0.341 e. The van der Waals surface area contributed by atoms with Crippen molar-refractivity contribution in [1.82, 2.24) is 4.90 Å². The van der Waals surface area contributed by atoms with Gasteiger partial charge in [0.1, 0.15) is 22.6 Å². The number of carboxylic acids is 1. The van der Waals surface area contributed by atoms with Crippen LogP contribution in [0.2, 0.25) is 0 Å². The largest absolute Gasteiger partial charge is 0.507 e. The van der Waals surface area contributed by atoms with Gasteiger partial charge in [-0.3, -0.25) is 0 Å². The Bertz CT molecular complexity index is 723. The van der Waals surface area contributed by atoms with Gasteiger partial charge in [0.15, 0.2) is 0 Å². The van der Waals surface area contributed by atoms with Gasteiger partial charge in [0.2, 0.25) is 0 Å². The number of hydrogen-bond donors (Lipinski definition) is 3. The molecule has 0 bridgehead atoms. The Morgan fingerprint density at radius 2 is 1.21 bits per heavy atom. The first kappa shape index (κ1) is 24.9. The first-order valence-electron chi connectivity index (χ1n) is 8.92. The summed E-state index contributed by atoms with van der Waals surface area (Å²) in [6.07, 6.45) is 0. The van der Waals surface area contributed by atoms with Gasteiger partial charge in [-0.2, -0.15) is 0 Å². The predicted molar refractivity (Wildman–Crippen MR) is 108 cm³/mol. The maximum atomic E-state index is 10.9. The zero-order valence-electron chi connectivity index (χ0n) is 16.8. The quantitative estimate of drug-likeness (QED) is 0.668. The lowest BCUT2D eigenvalue weighted by Gasteiger charge is -2.13. The SMILES string of the molecule is CCN(CC)CC.COC(=O)c1ccccc1O.O=C(O)c1ccccc1O. The molecule has 0 atom stereocenters. The van der Waals surface area contributed by atoms with E-state index in [2.05, 4.69) is 30.4 Å². The zero-order chi connectivity index (χ0) is 21.5. The van der Waals surface area contributed by atoms with Crippen LogP contribution in [0, 0.1) is 0 Å². The minimum atomic E-state index is -1.11. The number of para-hydroxylation sites is 2. The van der Waals surface area contributed by atoms with E-state index in [9.17, 15) is 9.59 Å². The van der Waals surface area contributed by atoms with E-state index in [0.717, 1.165) is 0 Å². The number of carbonyl (C=O) groups excluding carboxylic acids is 1. The van der Waals surface area contributed by atoms with Crippen molar-refractivity contribution in [3.63, 3.8) is 0 Å². The number of carbonyl (C=O) groups is 2. The maximum absolute atomic E-state index is 10.9. The van der Waals surface area contributed by atoms with Crippen molar-refractivity contribution >= 4 is 11.9 Å². The Kier molecular flexibility index (Phi) is 12.5. The molecule has 7 nitrogen and oxygen atoms in total. The van der Waals surface area contributed by atoms with Crippen LogP contribution in [0.15, 0.2) is 48.5 Å².